The van der Waals surface area contributed by atoms with Crippen LogP contribution in [-0.2, 0) is 14.3 Å². The summed E-state index contributed by atoms with van der Waals surface area (Å²) in [5.41, 5.74) is 3.20. The van der Waals surface area contributed by atoms with Crippen LogP contribution in [0.2, 0.25) is 0 Å². The molecule has 0 spiro atoms. The zero-order valence-corrected chi connectivity index (χ0v) is 15.8. The summed E-state index contributed by atoms with van der Waals surface area (Å²) in [6.45, 7) is 6.91. The summed E-state index contributed by atoms with van der Waals surface area (Å²) >= 11 is 0. The molecule has 140 valence electrons. The molecule has 0 saturated heterocycles. The SMILES string of the molecule is Cc1ccc(NC(=O)[C@@H](C)OC(=O)[C@@H](C)Oc2ccc(C#N)cc2)c(C)c1. The fourth-order valence-corrected chi connectivity index (χ4v) is 2.37. The second-order valence-corrected chi connectivity index (χ2v) is 6.28. The molecule has 6 nitrogen and oxygen atoms in total. The molecule has 1 N–H and O–H groups in total. The molecule has 0 radical (unpaired) electrons. The maximum Gasteiger partial charge on any atom is 0.347 e. The van der Waals surface area contributed by atoms with Crippen LogP contribution in [0.4, 0.5) is 5.69 Å². The fraction of sp³-hybridized carbons (Fsp3) is 0.286. The second kappa shape index (κ2) is 8.86. The molecule has 0 aliphatic carbocycles. The number of aryl methyl sites for hydroxylation is 2. The fourth-order valence-electron chi connectivity index (χ4n) is 2.37. The summed E-state index contributed by atoms with van der Waals surface area (Å²) in [5, 5.41) is 11.5. The third-order valence-corrected chi connectivity index (χ3v) is 3.93. The van der Waals surface area contributed by atoms with E-state index in [1.807, 2.05) is 38.1 Å². The summed E-state index contributed by atoms with van der Waals surface area (Å²) in [7, 11) is 0. The van der Waals surface area contributed by atoms with Crippen molar-refractivity contribution in [2.45, 2.75) is 39.9 Å². The van der Waals surface area contributed by atoms with E-state index in [4.69, 9.17) is 14.7 Å². The number of nitrogens with one attached hydrogen (secondary N) is 1. The van der Waals surface area contributed by atoms with Crippen molar-refractivity contribution >= 4 is 17.6 Å². The van der Waals surface area contributed by atoms with E-state index in [9.17, 15) is 9.59 Å². The van der Waals surface area contributed by atoms with Gasteiger partial charge in [0.15, 0.2) is 12.2 Å². The number of hydrogen-bond donors (Lipinski definition) is 1. The summed E-state index contributed by atoms with van der Waals surface area (Å²) in [6, 6.07) is 14.0. The Morgan fingerprint density at radius 2 is 1.70 bits per heavy atom. The molecule has 2 aromatic rings. The Morgan fingerprint density at radius 3 is 2.30 bits per heavy atom. The van der Waals surface area contributed by atoms with Crippen LogP contribution in [0.5, 0.6) is 5.75 Å². The van der Waals surface area contributed by atoms with Gasteiger partial charge < -0.3 is 14.8 Å². The highest BCUT2D eigenvalue weighted by Crippen LogP contribution is 2.17. The minimum absolute atomic E-state index is 0.416. The van der Waals surface area contributed by atoms with Crippen molar-refractivity contribution in [2.75, 3.05) is 5.32 Å². The first-order valence-electron chi connectivity index (χ1n) is 8.55. The summed E-state index contributed by atoms with van der Waals surface area (Å²) < 4.78 is 10.7. The highest BCUT2D eigenvalue weighted by Gasteiger charge is 2.23. The van der Waals surface area contributed by atoms with Crippen LogP contribution < -0.4 is 10.1 Å². The lowest BCUT2D eigenvalue weighted by atomic mass is 10.1. The number of amides is 1. The van der Waals surface area contributed by atoms with Crippen molar-refractivity contribution in [3.05, 3.63) is 59.2 Å². The van der Waals surface area contributed by atoms with Crippen LogP contribution in [0.1, 0.15) is 30.5 Å². The van der Waals surface area contributed by atoms with Crippen LogP contribution in [0.25, 0.3) is 0 Å². The van der Waals surface area contributed by atoms with Gasteiger partial charge in [0.2, 0.25) is 0 Å². The van der Waals surface area contributed by atoms with Crippen molar-refractivity contribution in [1.29, 1.82) is 5.26 Å². The van der Waals surface area contributed by atoms with E-state index < -0.39 is 24.1 Å². The average Bonchev–Trinajstić information content (AvgIpc) is 2.64. The Morgan fingerprint density at radius 1 is 1.04 bits per heavy atom. The van der Waals surface area contributed by atoms with Crippen molar-refractivity contribution < 1.29 is 19.1 Å². The molecule has 0 fully saturated rings. The van der Waals surface area contributed by atoms with Crippen LogP contribution in [-0.4, -0.2) is 24.1 Å². The maximum absolute atomic E-state index is 12.3. The Bertz CT molecular complexity index is 869. The van der Waals surface area contributed by atoms with Gasteiger partial charge in [0.05, 0.1) is 11.6 Å². The number of hydrogen-bond acceptors (Lipinski definition) is 5. The normalized spacial score (nSPS) is 12.4. The Kier molecular flexibility index (Phi) is 6.56. The van der Waals surface area contributed by atoms with Gasteiger partial charge in [0.25, 0.3) is 5.91 Å². The van der Waals surface area contributed by atoms with Crippen LogP contribution in [0.3, 0.4) is 0 Å². The molecule has 0 aliphatic rings. The molecule has 0 bridgehead atoms. The monoisotopic (exact) mass is 366 g/mol. The molecule has 2 atom stereocenters. The Balaban J connectivity index is 1.91. The topological polar surface area (TPSA) is 88.4 Å². The molecule has 0 heterocycles. The largest absolute Gasteiger partial charge is 0.479 e. The molecule has 0 aliphatic heterocycles. The smallest absolute Gasteiger partial charge is 0.347 e. The molecule has 1 amide bonds. The van der Waals surface area contributed by atoms with Crippen molar-refractivity contribution in [2.24, 2.45) is 0 Å². The average molecular weight is 366 g/mol. The van der Waals surface area contributed by atoms with Gasteiger partial charge in [-0.3, -0.25) is 4.79 Å². The van der Waals surface area contributed by atoms with Gasteiger partial charge in [0, 0.05) is 5.69 Å². The number of esters is 1. The zero-order valence-electron chi connectivity index (χ0n) is 15.8. The van der Waals surface area contributed by atoms with Crippen molar-refractivity contribution in [3.8, 4) is 11.8 Å². The standard InChI is InChI=1S/C21H22N2O4/c1-13-5-10-19(14(2)11-13)23-20(24)15(3)27-21(25)16(4)26-18-8-6-17(12-22)7-9-18/h5-11,15-16H,1-4H3,(H,23,24)/t15-,16-/m1/s1. The lowest BCUT2D eigenvalue weighted by molar-refractivity contribution is -0.159. The second-order valence-electron chi connectivity index (χ2n) is 6.28. The molecular formula is C21H22N2O4. The highest BCUT2D eigenvalue weighted by molar-refractivity contribution is 5.95. The number of carbonyl (C=O) groups excluding carboxylic acids is 2. The third-order valence-electron chi connectivity index (χ3n) is 3.93. The van der Waals surface area contributed by atoms with Crippen LogP contribution >= 0.6 is 0 Å². The molecule has 27 heavy (non-hydrogen) atoms. The first-order valence-corrected chi connectivity index (χ1v) is 8.55. The lowest BCUT2D eigenvalue weighted by Crippen LogP contribution is -2.35. The maximum atomic E-state index is 12.3. The van der Waals surface area contributed by atoms with E-state index in [2.05, 4.69) is 5.32 Å². The first-order chi connectivity index (χ1) is 12.8. The third kappa shape index (κ3) is 5.58. The van der Waals surface area contributed by atoms with E-state index in [1.165, 1.54) is 13.8 Å². The summed E-state index contributed by atoms with van der Waals surface area (Å²) in [6.07, 6.45) is -1.86. The van der Waals surface area contributed by atoms with E-state index in [-0.39, 0.29) is 0 Å². The molecule has 6 heteroatoms. The van der Waals surface area contributed by atoms with Gasteiger partial charge in [-0.1, -0.05) is 17.7 Å². The van der Waals surface area contributed by atoms with Crippen molar-refractivity contribution in [1.82, 2.24) is 0 Å². The summed E-state index contributed by atoms with van der Waals surface area (Å²) in [5.74, 6) is -0.630. The van der Waals surface area contributed by atoms with Gasteiger partial charge in [0.1, 0.15) is 5.75 Å². The number of nitrogens with zero attached hydrogens (tertiary/aromatic N) is 1. The van der Waals surface area contributed by atoms with Crippen LogP contribution in [0, 0.1) is 25.2 Å². The zero-order chi connectivity index (χ0) is 20.0. The van der Waals surface area contributed by atoms with Gasteiger partial charge in [-0.05, 0) is 63.6 Å². The summed E-state index contributed by atoms with van der Waals surface area (Å²) in [4.78, 5) is 24.4. The molecule has 0 unspecified atom stereocenters. The first kappa shape index (κ1) is 20.0. The minimum Gasteiger partial charge on any atom is -0.479 e. The molecule has 2 rings (SSSR count). The number of benzene rings is 2. The number of ether oxygens (including phenoxy) is 2. The number of rotatable bonds is 6. The number of carbonyl (C=O) groups is 2. The van der Waals surface area contributed by atoms with E-state index in [1.54, 1.807) is 24.3 Å². The van der Waals surface area contributed by atoms with Gasteiger partial charge in [-0.25, -0.2) is 4.79 Å². The van der Waals surface area contributed by atoms with Crippen molar-refractivity contribution in [3.63, 3.8) is 0 Å². The molecule has 2 aromatic carbocycles. The lowest BCUT2D eigenvalue weighted by Gasteiger charge is -2.18. The number of anilines is 1. The Labute approximate surface area is 158 Å². The molecular weight excluding hydrogens is 344 g/mol. The molecule has 0 aromatic heterocycles. The predicted octanol–water partition coefficient (Wildman–Crippen LogP) is 3.51. The Hall–Kier alpha value is -3.33. The highest BCUT2D eigenvalue weighted by atomic mass is 16.6. The van der Waals surface area contributed by atoms with Crippen LogP contribution in [0.15, 0.2) is 42.5 Å². The van der Waals surface area contributed by atoms with E-state index >= 15 is 0 Å². The van der Waals surface area contributed by atoms with E-state index in [0.717, 1.165) is 11.1 Å². The van der Waals surface area contributed by atoms with Gasteiger partial charge in [-0.2, -0.15) is 5.26 Å². The number of nitriles is 1. The molecule has 0 saturated carbocycles. The van der Waals surface area contributed by atoms with Gasteiger partial charge >= 0.3 is 5.97 Å². The minimum atomic E-state index is -0.967. The van der Waals surface area contributed by atoms with E-state index in [0.29, 0.717) is 17.0 Å². The quantitative estimate of drug-likeness (QED) is 0.790. The van der Waals surface area contributed by atoms with Gasteiger partial charge in [-0.15, -0.1) is 0 Å². The predicted molar refractivity (Wildman–Crippen MR) is 101 cm³/mol.